The molecule has 1 aromatic carbocycles. The minimum Gasteiger partial charge on any atom is -0.481 e. The molecule has 1 N–H and O–H groups in total. The van der Waals surface area contributed by atoms with Crippen molar-refractivity contribution in [3.63, 3.8) is 0 Å². The van der Waals surface area contributed by atoms with Crippen LogP contribution in [0.2, 0.25) is 0 Å². The van der Waals surface area contributed by atoms with Gasteiger partial charge < -0.3 is 19.5 Å². The molecule has 0 saturated carbocycles. The van der Waals surface area contributed by atoms with Crippen molar-refractivity contribution in [2.24, 2.45) is 5.92 Å². The Bertz CT molecular complexity index is 834. The number of aromatic nitrogens is 1. The molecule has 0 atom stereocenters. The molecule has 1 aliphatic heterocycles. The lowest BCUT2D eigenvalue weighted by atomic mass is 9.96. The number of aryl methyl sites for hydroxylation is 1. The minimum absolute atomic E-state index is 0.0312. The zero-order valence-electron chi connectivity index (χ0n) is 14.7. The summed E-state index contributed by atoms with van der Waals surface area (Å²) < 4.78 is 24.5. The summed E-state index contributed by atoms with van der Waals surface area (Å²) in [5.41, 5.74) is 0. The van der Waals surface area contributed by atoms with E-state index >= 15 is 0 Å². The molecule has 27 heavy (non-hydrogen) atoms. The molecule has 9 heteroatoms. The van der Waals surface area contributed by atoms with Crippen molar-refractivity contribution >= 4 is 33.6 Å². The smallest absolute Gasteiger partial charge is 0.260 e. The lowest BCUT2D eigenvalue weighted by Crippen LogP contribution is -2.43. The largest absolute Gasteiger partial charge is 0.481 e. The van der Waals surface area contributed by atoms with Gasteiger partial charge in [0, 0.05) is 29.5 Å². The van der Waals surface area contributed by atoms with Gasteiger partial charge in [-0.15, -0.1) is 0 Å². The minimum atomic E-state index is -0.532. The predicted molar refractivity (Wildman–Crippen MR) is 98.8 cm³/mol. The van der Waals surface area contributed by atoms with Gasteiger partial charge in [-0.3, -0.25) is 9.59 Å². The van der Waals surface area contributed by atoms with Gasteiger partial charge in [0.25, 0.3) is 5.91 Å². The summed E-state index contributed by atoms with van der Waals surface area (Å²) in [7, 11) is 0. The Labute approximate surface area is 164 Å². The Kier molecular flexibility index (Phi) is 6.10. The van der Waals surface area contributed by atoms with Crippen LogP contribution in [0.15, 0.2) is 33.3 Å². The SMILES string of the molecule is Cc1cc(NC(=O)C2CCN(C(=O)COc3ccc(Br)cc3F)CC2)no1. The number of nitrogens with one attached hydrogen (secondary N) is 1. The van der Waals surface area contributed by atoms with Gasteiger partial charge >= 0.3 is 0 Å². The van der Waals surface area contributed by atoms with E-state index < -0.39 is 5.82 Å². The third-order valence-corrected chi connectivity index (χ3v) is 4.84. The number of anilines is 1. The van der Waals surface area contributed by atoms with Gasteiger partial charge in [0.15, 0.2) is 24.0 Å². The average molecular weight is 440 g/mol. The number of benzene rings is 1. The first kappa shape index (κ1) is 19.3. The highest BCUT2D eigenvalue weighted by Crippen LogP contribution is 2.22. The summed E-state index contributed by atoms with van der Waals surface area (Å²) in [5, 5.41) is 6.45. The summed E-state index contributed by atoms with van der Waals surface area (Å²) in [6.45, 7) is 2.39. The molecule has 1 aliphatic rings. The number of halogens is 2. The van der Waals surface area contributed by atoms with E-state index in [1.807, 2.05) is 0 Å². The number of likely N-dealkylation sites (tertiary alicyclic amines) is 1. The van der Waals surface area contributed by atoms with Crippen LogP contribution in [0.25, 0.3) is 0 Å². The molecule has 0 unspecified atom stereocenters. The monoisotopic (exact) mass is 439 g/mol. The van der Waals surface area contributed by atoms with Gasteiger partial charge in [0.2, 0.25) is 5.91 Å². The third-order valence-electron chi connectivity index (χ3n) is 4.34. The van der Waals surface area contributed by atoms with Crippen molar-refractivity contribution in [2.45, 2.75) is 19.8 Å². The second-order valence-corrected chi connectivity index (χ2v) is 7.25. The topological polar surface area (TPSA) is 84.7 Å². The van der Waals surface area contributed by atoms with Crippen LogP contribution in [0.1, 0.15) is 18.6 Å². The highest BCUT2D eigenvalue weighted by molar-refractivity contribution is 9.10. The van der Waals surface area contributed by atoms with E-state index in [2.05, 4.69) is 26.4 Å². The highest BCUT2D eigenvalue weighted by Gasteiger charge is 2.28. The Morgan fingerprint density at radius 1 is 1.37 bits per heavy atom. The fraction of sp³-hybridized carbons (Fsp3) is 0.389. The zero-order chi connectivity index (χ0) is 19.4. The molecule has 1 aromatic heterocycles. The molecule has 0 spiro atoms. The van der Waals surface area contributed by atoms with E-state index in [1.165, 1.54) is 12.1 Å². The van der Waals surface area contributed by atoms with Crippen molar-refractivity contribution in [1.29, 1.82) is 0 Å². The predicted octanol–water partition coefficient (Wildman–Crippen LogP) is 3.14. The van der Waals surface area contributed by atoms with Gasteiger partial charge in [-0.25, -0.2) is 4.39 Å². The van der Waals surface area contributed by atoms with Crippen LogP contribution in [0.3, 0.4) is 0 Å². The standard InChI is InChI=1S/C18H19BrFN3O4/c1-11-8-16(22-27-11)21-18(25)12-4-6-23(7-5-12)17(24)10-26-15-3-2-13(19)9-14(15)20/h2-3,8-9,12H,4-7,10H2,1H3,(H,21,22,25). The maximum Gasteiger partial charge on any atom is 0.260 e. The summed E-state index contributed by atoms with van der Waals surface area (Å²) in [4.78, 5) is 26.2. The molecule has 3 rings (SSSR count). The average Bonchev–Trinajstić information content (AvgIpc) is 3.05. The molecule has 2 amide bonds. The third kappa shape index (κ3) is 5.06. The maximum atomic E-state index is 13.7. The summed E-state index contributed by atoms with van der Waals surface area (Å²) >= 11 is 3.17. The van der Waals surface area contributed by atoms with Crippen molar-refractivity contribution < 1.29 is 23.2 Å². The van der Waals surface area contributed by atoms with Crippen LogP contribution in [-0.4, -0.2) is 41.6 Å². The Hall–Kier alpha value is -2.42. The lowest BCUT2D eigenvalue weighted by molar-refractivity contribution is -0.136. The van der Waals surface area contributed by atoms with Crippen LogP contribution in [0, 0.1) is 18.7 Å². The van der Waals surface area contributed by atoms with Crippen LogP contribution in [0.4, 0.5) is 10.2 Å². The number of rotatable bonds is 5. The Morgan fingerprint density at radius 3 is 2.74 bits per heavy atom. The van der Waals surface area contributed by atoms with E-state index in [0.717, 1.165) is 0 Å². The number of piperidine rings is 1. The molecule has 7 nitrogen and oxygen atoms in total. The molecule has 1 fully saturated rings. The van der Waals surface area contributed by atoms with Gasteiger partial charge in [0.1, 0.15) is 5.76 Å². The number of carbonyl (C=O) groups excluding carboxylic acids is 2. The summed E-state index contributed by atoms with van der Waals surface area (Å²) in [6.07, 6.45) is 1.09. The number of ether oxygens (including phenoxy) is 1. The Balaban J connectivity index is 1.45. The number of nitrogens with zero attached hydrogens (tertiary/aromatic N) is 2. The van der Waals surface area contributed by atoms with E-state index in [4.69, 9.17) is 9.26 Å². The van der Waals surface area contributed by atoms with Gasteiger partial charge in [0.05, 0.1) is 0 Å². The first-order chi connectivity index (χ1) is 12.9. The normalized spacial score (nSPS) is 14.9. The van der Waals surface area contributed by atoms with Crippen LogP contribution in [-0.2, 0) is 9.59 Å². The molecule has 2 aromatic rings. The quantitative estimate of drug-likeness (QED) is 0.773. The van der Waals surface area contributed by atoms with E-state index in [1.54, 1.807) is 24.0 Å². The molecule has 1 saturated heterocycles. The highest BCUT2D eigenvalue weighted by atomic mass is 79.9. The molecule has 0 bridgehead atoms. The zero-order valence-corrected chi connectivity index (χ0v) is 16.3. The molecule has 144 valence electrons. The lowest BCUT2D eigenvalue weighted by Gasteiger charge is -2.31. The number of hydrogen-bond acceptors (Lipinski definition) is 5. The molecular weight excluding hydrogens is 421 g/mol. The second kappa shape index (κ2) is 8.51. The Morgan fingerprint density at radius 2 is 2.11 bits per heavy atom. The van der Waals surface area contributed by atoms with Crippen LogP contribution in [0.5, 0.6) is 5.75 Å². The molecular formula is C18H19BrFN3O4. The van der Waals surface area contributed by atoms with E-state index in [9.17, 15) is 14.0 Å². The molecule has 0 aliphatic carbocycles. The van der Waals surface area contributed by atoms with Crippen LogP contribution >= 0.6 is 15.9 Å². The molecule has 0 radical (unpaired) electrons. The fourth-order valence-electron chi connectivity index (χ4n) is 2.87. The maximum absolute atomic E-state index is 13.7. The first-order valence-corrected chi connectivity index (χ1v) is 9.31. The van der Waals surface area contributed by atoms with Crippen molar-refractivity contribution in [3.8, 4) is 5.75 Å². The number of carbonyl (C=O) groups is 2. The second-order valence-electron chi connectivity index (χ2n) is 6.33. The summed E-state index contributed by atoms with van der Waals surface area (Å²) in [6, 6.07) is 6.04. The van der Waals surface area contributed by atoms with E-state index in [0.29, 0.717) is 42.0 Å². The van der Waals surface area contributed by atoms with Crippen molar-refractivity contribution in [3.05, 3.63) is 40.3 Å². The first-order valence-electron chi connectivity index (χ1n) is 8.52. The van der Waals surface area contributed by atoms with Crippen molar-refractivity contribution in [1.82, 2.24) is 10.1 Å². The number of amides is 2. The van der Waals surface area contributed by atoms with Gasteiger partial charge in [-0.1, -0.05) is 21.1 Å². The van der Waals surface area contributed by atoms with Gasteiger partial charge in [-0.05, 0) is 38.0 Å². The fourth-order valence-corrected chi connectivity index (χ4v) is 3.20. The summed E-state index contributed by atoms with van der Waals surface area (Å²) in [5.74, 6) is -0.0593. The molecule has 2 heterocycles. The van der Waals surface area contributed by atoms with Gasteiger partial charge in [-0.2, -0.15) is 0 Å². The van der Waals surface area contributed by atoms with E-state index in [-0.39, 0.29) is 30.1 Å². The van der Waals surface area contributed by atoms with Crippen LogP contribution < -0.4 is 10.1 Å². The number of hydrogen-bond donors (Lipinski definition) is 1. The van der Waals surface area contributed by atoms with Crippen molar-refractivity contribution in [2.75, 3.05) is 25.0 Å².